The van der Waals surface area contributed by atoms with Crippen LogP contribution in [0.5, 0.6) is 5.75 Å². The number of nitrogens with one attached hydrogen (secondary N) is 2. The highest BCUT2D eigenvalue weighted by atomic mass is 127. The van der Waals surface area contributed by atoms with Crippen molar-refractivity contribution in [3.63, 3.8) is 0 Å². The first kappa shape index (κ1) is 23.6. The highest BCUT2D eigenvalue weighted by Gasteiger charge is 2.34. The number of hydrogen-bond donors (Lipinski definition) is 2. The van der Waals surface area contributed by atoms with E-state index in [1.165, 1.54) is 43.5 Å². The lowest BCUT2D eigenvalue weighted by Crippen LogP contribution is -2.40. The Hall–Kier alpha value is -1.06. The van der Waals surface area contributed by atoms with E-state index in [4.69, 9.17) is 9.47 Å². The van der Waals surface area contributed by atoms with Crippen molar-refractivity contribution in [3.8, 4) is 5.75 Å². The second-order valence-corrected chi connectivity index (χ2v) is 8.84. The van der Waals surface area contributed by atoms with Gasteiger partial charge in [-0.05, 0) is 56.7 Å². The van der Waals surface area contributed by atoms with E-state index in [0.717, 1.165) is 56.5 Å². The number of guanidine groups is 1. The molecule has 2 heterocycles. The predicted molar refractivity (Wildman–Crippen MR) is 132 cm³/mol. The molecule has 0 amide bonds. The number of aliphatic imine (C=N–C) groups is 1. The van der Waals surface area contributed by atoms with E-state index in [2.05, 4.69) is 45.6 Å². The van der Waals surface area contributed by atoms with Crippen molar-refractivity contribution in [2.75, 3.05) is 46.5 Å². The minimum absolute atomic E-state index is 0. The summed E-state index contributed by atoms with van der Waals surface area (Å²) in [5, 5.41) is 6.99. The van der Waals surface area contributed by atoms with Crippen molar-refractivity contribution in [1.29, 1.82) is 0 Å². The van der Waals surface area contributed by atoms with Crippen molar-refractivity contribution in [2.24, 2.45) is 16.8 Å². The van der Waals surface area contributed by atoms with Gasteiger partial charge < -0.3 is 25.0 Å². The average Bonchev–Trinajstić information content (AvgIpc) is 3.24. The summed E-state index contributed by atoms with van der Waals surface area (Å²) in [6.07, 6.45) is 5.19. The Balaban J connectivity index is 0.00000256. The summed E-state index contributed by atoms with van der Waals surface area (Å²) < 4.78 is 11.6. The molecular weight excluding hydrogens is 491 g/mol. The van der Waals surface area contributed by atoms with Crippen LogP contribution in [0.15, 0.2) is 23.2 Å². The predicted octanol–water partition coefficient (Wildman–Crippen LogP) is 3.18. The van der Waals surface area contributed by atoms with Gasteiger partial charge in [0, 0.05) is 50.8 Å². The van der Waals surface area contributed by atoms with E-state index in [-0.39, 0.29) is 24.0 Å². The molecule has 7 heteroatoms. The van der Waals surface area contributed by atoms with E-state index in [9.17, 15) is 0 Å². The molecule has 2 unspecified atom stereocenters. The molecule has 1 aromatic carbocycles. The highest BCUT2D eigenvalue weighted by molar-refractivity contribution is 14.0. The van der Waals surface area contributed by atoms with Gasteiger partial charge in [0.2, 0.25) is 0 Å². The second kappa shape index (κ2) is 11.5. The topological polar surface area (TPSA) is 58.1 Å². The lowest BCUT2D eigenvalue weighted by Gasteiger charge is -2.18. The summed E-state index contributed by atoms with van der Waals surface area (Å²) in [6, 6.07) is 7.31. The third kappa shape index (κ3) is 6.72. The van der Waals surface area contributed by atoms with Crippen molar-refractivity contribution < 1.29 is 9.47 Å². The number of rotatable bonds is 8. The SMILES string of the molecule is CN=C(NCc1ccc(C)cc1OCC1CCOC1)NCC1CCN(C2CC2)C1.I. The lowest BCUT2D eigenvalue weighted by atomic mass is 10.1. The van der Waals surface area contributed by atoms with Crippen LogP contribution in [-0.4, -0.2) is 63.4 Å². The first-order valence-corrected chi connectivity index (χ1v) is 11.2. The molecule has 1 aliphatic carbocycles. The molecule has 0 bridgehead atoms. The molecule has 3 aliphatic rings. The van der Waals surface area contributed by atoms with Gasteiger partial charge in [-0.2, -0.15) is 0 Å². The second-order valence-electron chi connectivity index (χ2n) is 8.84. The average molecular weight is 528 g/mol. The summed E-state index contributed by atoms with van der Waals surface area (Å²) in [7, 11) is 1.84. The van der Waals surface area contributed by atoms with Gasteiger partial charge >= 0.3 is 0 Å². The smallest absolute Gasteiger partial charge is 0.191 e. The van der Waals surface area contributed by atoms with Crippen LogP contribution in [0.2, 0.25) is 0 Å². The molecule has 2 N–H and O–H groups in total. The summed E-state index contributed by atoms with van der Waals surface area (Å²) in [4.78, 5) is 7.07. The van der Waals surface area contributed by atoms with Crippen molar-refractivity contribution in [1.82, 2.24) is 15.5 Å². The van der Waals surface area contributed by atoms with Crippen LogP contribution in [0.25, 0.3) is 0 Å². The Morgan fingerprint density at radius 1 is 1.20 bits per heavy atom. The molecule has 0 spiro atoms. The zero-order chi connectivity index (χ0) is 20.1. The normalized spacial score (nSPS) is 24.5. The van der Waals surface area contributed by atoms with Crippen LogP contribution in [0.4, 0.5) is 0 Å². The number of aryl methyl sites for hydroxylation is 1. The van der Waals surface area contributed by atoms with Crippen LogP contribution in [0.1, 0.15) is 36.8 Å². The van der Waals surface area contributed by atoms with Gasteiger partial charge in [0.15, 0.2) is 5.96 Å². The van der Waals surface area contributed by atoms with Gasteiger partial charge in [0.1, 0.15) is 5.75 Å². The molecule has 30 heavy (non-hydrogen) atoms. The van der Waals surface area contributed by atoms with E-state index >= 15 is 0 Å². The Morgan fingerprint density at radius 3 is 2.80 bits per heavy atom. The fourth-order valence-electron chi connectivity index (χ4n) is 4.31. The fourth-order valence-corrected chi connectivity index (χ4v) is 4.31. The number of halogens is 1. The Labute approximate surface area is 198 Å². The molecule has 4 rings (SSSR count). The fraction of sp³-hybridized carbons (Fsp3) is 0.696. The van der Waals surface area contributed by atoms with Crippen molar-refractivity contribution in [2.45, 2.75) is 45.2 Å². The Morgan fingerprint density at radius 2 is 2.07 bits per heavy atom. The molecular formula is C23H37IN4O2. The molecule has 1 aromatic rings. The third-order valence-corrected chi connectivity index (χ3v) is 6.33. The molecule has 168 valence electrons. The zero-order valence-corrected chi connectivity index (χ0v) is 20.7. The standard InChI is InChI=1S/C23H36N4O2.HI/c1-17-3-4-20(22(11-17)29-16-19-8-10-28-15-19)13-26-23(24-2)25-12-18-7-9-27(14-18)21-5-6-21;/h3-4,11,18-19,21H,5-10,12-16H2,1-2H3,(H2,24,25,26);1H. The van der Waals surface area contributed by atoms with Gasteiger partial charge in [0.25, 0.3) is 0 Å². The molecule has 2 aliphatic heterocycles. The van der Waals surface area contributed by atoms with Gasteiger partial charge in [-0.25, -0.2) is 0 Å². The molecule has 0 aromatic heterocycles. The molecule has 2 atom stereocenters. The molecule has 6 nitrogen and oxygen atoms in total. The molecule has 0 radical (unpaired) electrons. The van der Waals surface area contributed by atoms with Crippen LogP contribution in [0.3, 0.4) is 0 Å². The maximum atomic E-state index is 6.16. The summed E-state index contributed by atoms with van der Waals surface area (Å²) in [5.74, 6) is 3.06. The van der Waals surface area contributed by atoms with E-state index in [1.54, 1.807) is 0 Å². The van der Waals surface area contributed by atoms with E-state index in [0.29, 0.717) is 12.5 Å². The number of likely N-dealkylation sites (tertiary alicyclic amines) is 1. The summed E-state index contributed by atoms with van der Waals surface area (Å²) in [6.45, 7) is 8.69. The molecule has 3 fully saturated rings. The highest BCUT2D eigenvalue weighted by Crippen LogP contribution is 2.31. The van der Waals surface area contributed by atoms with Crippen LogP contribution >= 0.6 is 24.0 Å². The van der Waals surface area contributed by atoms with E-state index in [1.807, 2.05) is 7.05 Å². The molecule has 1 saturated carbocycles. The number of hydrogen-bond acceptors (Lipinski definition) is 4. The van der Waals surface area contributed by atoms with Crippen LogP contribution in [-0.2, 0) is 11.3 Å². The van der Waals surface area contributed by atoms with Crippen LogP contribution in [0, 0.1) is 18.8 Å². The number of ether oxygens (including phenoxy) is 2. The Bertz CT molecular complexity index is 704. The largest absolute Gasteiger partial charge is 0.493 e. The first-order valence-electron chi connectivity index (χ1n) is 11.2. The maximum absolute atomic E-state index is 6.16. The van der Waals surface area contributed by atoms with Gasteiger partial charge in [-0.15, -0.1) is 24.0 Å². The minimum Gasteiger partial charge on any atom is -0.493 e. The quantitative estimate of drug-likeness (QED) is 0.309. The summed E-state index contributed by atoms with van der Waals surface area (Å²) >= 11 is 0. The molecule has 2 saturated heterocycles. The Kier molecular flexibility index (Phi) is 9.07. The van der Waals surface area contributed by atoms with Crippen molar-refractivity contribution in [3.05, 3.63) is 29.3 Å². The minimum atomic E-state index is 0. The van der Waals surface area contributed by atoms with Gasteiger partial charge in [-0.1, -0.05) is 12.1 Å². The monoisotopic (exact) mass is 528 g/mol. The number of nitrogens with zero attached hydrogens (tertiary/aromatic N) is 2. The van der Waals surface area contributed by atoms with E-state index < -0.39 is 0 Å². The number of benzene rings is 1. The van der Waals surface area contributed by atoms with Gasteiger partial charge in [-0.3, -0.25) is 4.99 Å². The summed E-state index contributed by atoms with van der Waals surface area (Å²) in [5.41, 5.74) is 2.38. The lowest BCUT2D eigenvalue weighted by molar-refractivity contribution is 0.166. The van der Waals surface area contributed by atoms with Crippen LogP contribution < -0.4 is 15.4 Å². The maximum Gasteiger partial charge on any atom is 0.191 e. The van der Waals surface area contributed by atoms with Gasteiger partial charge in [0.05, 0.1) is 13.2 Å². The first-order chi connectivity index (χ1) is 14.2. The zero-order valence-electron chi connectivity index (χ0n) is 18.4. The van der Waals surface area contributed by atoms with Crippen molar-refractivity contribution >= 4 is 29.9 Å². The third-order valence-electron chi connectivity index (χ3n) is 6.33.